The molecule has 0 unspecified atom stereocenters. The van der Waals surface area contributed by atoms with Crippen molar-refractivity contribution in [3.63, 3.8) is 0 Å². The fourth-order valence-electron chi connectivity index (χ4n) is 2.56. The Morgan fingerprint density at radius 3 is 2.46 bits per heavy atom. The summed E-state index contributed by atoms with van der Waals surface area (Å²) in [7, 11) is -4.95. The van der Waals surface area contributed by atoms with Crippen molar-refractivity contribution in [2.45, 2.75) is 64.3 Å². The maximum atomic E-state index is 11.9. The first kappa shape index (κ1) is 20.8. The first-order valence-corrected chi connectivity index (χ1v) is 9.28. The minimum absolute atomic E-state index is 0.00650. The van der Waals surface area contributed by atoms with Crippen molar-refractivity contribution in [1.29, 1.82) is 0 Å². The minimum atomic E-state index is -4.95. The van der Waals surface area contributed by atoms with Crippen molar-refractivity contribution in [2.75, 3.05) is 0 Å². The van der Waals surface area contributed by atoms with E-state index in [4.69, 9.17) is 20.3 Å². The van der Waals surface area contributed by atoms with E-state index in [9.17, 15) is 14.2 Å². The third-order valence-electron chi connectivity index (χ3n) is 3.73. The van der Waals surface area contributed by atoms with Crippen molar-refractivity contribution in [1.82, 2.24) is 5.32 Å². The zero-order valence-electron chi connectivity index (χ0n) is 14.0. The van der Waals surface area contributed by atoms with E-state index in [1.165, 1.54) is 13.0 Å². The Bertz CT molecular complexity index is 541. The molecule has 9 nitrogen and oxygen atoms in total. The normalized spacial score (nSPS) is 24.5. The van der Waals surface area contributed by atoms with E-state index in [1.54, 1.807) is 0 Å². The molecule has 1 aliphatic rings. The zero-order chi connectivity index (χ0) is 18.5. The summed E-state index contributed by atoms with van der Waals surface area (Å²) in [4.78, 5) is 40.8. The molecule has 0 radical (unpaired) electrons. The quantitative estimate of drug-likeness (QED) is 0.473. The average molecular weight is 364 g/mol. The molecule has 5 N–H and O–H groups in total. The van der Waals surface area contributed by atoms with Gasteiger partial charge in [-0.15, -0.1) is 0 Å². The molecular weight excluding hydrogens is 339 g/mol. The van der Waals surface area contributed by atoms with Crippen LogP contribution in [0.1, 0.15) is 40.0 Å². The van der Waals surface area contributed by atoms with Gasteiger partial charge in [-0.05, 0) is 25.3 Å². The molecule has 0 aromatic rings. The minimum Gasteiger partial charge on any atom is -0.369 e. The van der Waals surface area contributed by atoms with Crippen LogP contribution in [0.2, 0.25) is 0 Å². The molecule has 0 aromatic carbocycles. The second-order valence-corrected chi connectivity index (χ2v) is 6.86. The van der Waals surface area contributed by atoms with Crippen molar-refractivity contribution in [3.8, 4) is 0 Å². The first-order chi connectivity index (χ1) is 11.1. The predicted molar refractivity (Wildman–Crippen MR) is 85.7 cm³/mol. The molecule has 0 fully saturated rings. The fourth-order valence-corrected chi connectivity index (χ4v) is 2.90. The van der Waals surface area contributed by atoms with E-state index >= 15 is 0 Å². The molecule has 0 bridgehead atoms. The number of nitrogens with one attached hydrogen (secondary N) is 1. The Labute approximate surface area is 140 Å². The smallest absolute Gasteiger partial charge is 0.369 e. The van der Waals surface area contributed by atoms with Crippen LogP contribution in [0.4, 0.5) is 0 Å². The number of rotatable bonds is 7. The zero-order valence-corrected chi connectivity index (χ0v) is 14.9. The summed E-state index contributed by atoms with van der Waals surface area (Å²) < 4.78 is 20.9. The van der Waals surface area contributed by atoms with Crippen LogP contribution in [-0.4, -0.2) is 46.0 Å². The van der Waals surface area contributed by atoms with Gasteiger partial charge in [-0.25, -0.2) is 9.36 Å². The topological polar surface area (TPSA) is 148 Å². The molecule has 0 aromatic heterocycles. The average Bonchev–Trinajstić information content (AvgIpc) is 2.45. The molecule has 0 saturated carbocycles. The number of phosphoric acid groups is 1. The maximum Gasteiger partial charge on any atom is 0.527 e. The largest absolute Gasteiger partial charge is 0.527 e. The van der Waals surface area contributed by atoms with Crippen LogP contribution in [0.15, 0.2) is 11.6 Å². The molecular formula is C14H25N2O7P. The van der Waals surface area contributed by atoms with Crippen LogP contribution in [-0.2, 0) is 23.4 Å². The van der Waals surface area contributed by atoms with Gasteiger partial charge in [0.15, 0.2) is 0 Å². The standard InChI is InChI=1S/C14H25N2O7P/c1-4-10(5-2)22-12-7-9(14(18)23-24(19,20)21)6-11(15)13(12)16-8(3)17/h7,10-13H,4-6,15H2,1-3H3,(H,16,17)(H2,19,20,21)/t11-,12+,13+/m0/s1. The summed E-state index contributed by atoms with van der Waals surface area (Å²) in [5.74, 6) is -1.43. The molecule has 0 heterocycles. The number of carbonyl (C=O) groups is 2. The Morgan fingerprint density at radius 1 is 1.42 bits per heavy atom. The monoisotopic (exact) mass is 364 g/mol. The Morgan fingerprint density at radius 2 is 2.00 bits per heavy atom. The molecule has 3 atom stereocenters. The second kappa shape index (κ2) is 8.73. The highest BCUT2D eigenvalue weighted by molar-refractivity contribution is 7.46. The van der Waals surface area contributed by atoms with Gasteiger partial charge < -0.3 is 20.3 Å². The van der Waals surface area contributed by atoms with Crippen LogP contribution >= 0.6 is 7.82 Å². The maximum absolute atomic E-state index is 11.9. The van der Waals surface area contributed by atoms with Gasteiger partial charge in [0.2, 0.25) is 5.91 Å². The Kier molecular flexibility index (Phi) is 7.56. The van der Waals surface area contributed by atoms with Gasteiger partial charge >= 0.3 is 13.8 Å². The third-order valence-corrected chi connectivity index (χ3v) is 4.13. The van der Waals surface area contributed by atoms with Crippen LogP contribution in [0.5, 0.6) is 0 Å². The van der Waals surface area contributed by atoms with Crippen LogP contribution < -0.4 is 11.1 Å². The number of hydrogen-bond donors (Lipinski definition) is 4. The molecule has 1 amide bonds. The van der Waals surface area contributed by atoms with Crippen LogP contribution in [0, 0.1) is 0 Å². The molecule has 0 spiro atoms. The molecule has 0 aliphatic heterocycles. The van der Waals surface area contributed by atoms with Gasteiger partial charge in [-0.3, -0.25) is 14.6 Å². The molecule has 0 saturated heterocycles. The van der Waals surface area contributed by atoms with Crippen molar-refractivity contribution in [2.24, 2.45) is 5.73 Å². The van der Waals surface area contributed by atoms with Crippen LogP contribution in [0.25, 0.3) is 0 Å². The number of amides is 1. The van der Waals surface area contributed by atoms with E-state index in [2.05, 4.69) is 9.84 Å². The molecule has 138 valence electrons. The summed E-state index contributed by atoms with van der Waals surface area (Å²) in [6.45, 7) is 5.23. The Balaban J connectivity index is 3.05. The second-order valence-electron chi connectivity index (χ2n) is 5.69. The van der Waals surface area contributed by atoms with E-state index in [0.29, 0.717) is 0 Å². The van der Waals surface area contributed by atoms with Crippen molar-refractivity contribution in [3.05, 3.63) is 11.6 Å². The highest BCUT2D eigenvalue weighted by Crippen LogP contribution is 2.38. The molecule has 24 heavy (non-hydrogen) atoms. The van der Waals surface area contributed by atoms with E-state index in [0.717, 1.165) is 12.8 Å². The lowest BCUT2D eigenvalue weighted by atomic mass is 9.88. The predicted octanol–water partition coefficient (Wildman–Crippen LogP) is 0.358. The molecule has 10 heteroatoms. The summed E-state index contributed by atoms with van der Waals surface area (Å²) in [5.41, 5.74) is 6.05. The van der Waals surface area contributed by atoms with Gasteiger partial charge in [0.05, 0.1) is 18.2 Å². The number of ether oxygens (including phenoxy) is 1. The summed E-state index contributed by atoms with van der Waals surface area (Å²) >= 11 is 0. The third kappa shape index (κ3) is 6.33. The van der Waals surface area contributed by atoms with Gasteiger partial charge in [0.25, 0.3) is 0 Å². The fraction of sp³-hybridized carbons (Fsp3) is 0.714. The summed E-state index contributed by atoms with van der Waals surface area (Å²) in [6.07, 6.45) is 2.08. The molecule has 1 rings (SSSR count). The van der Waals surface area contributed by atoms with Gasteiger partial charge in [0, 0.05) is 18.5 Å². The number of carbonyl (C=O) groups excluding carboxylic acids is 2. The Hall–Kier alpha value is -1.25. The van der Waals surface area contributed by atoms with Gasteiger partial charge in [0.1, 0.15) is 0 Å². The van der Waals surface area contributed by atoms with Gasteiger partial charge in [-0.2, -0.15) is 0 Å². The summed E-state index contributed by atoms with van der Waals surface area (Å²) in [6, 6.07) is -1.20. The van der Waals surface area contributed by atoms with Gasteiger partial charge in [-0.1, -0.05) is 13.8 Å². The highest BCUT2D eigenvalue weighted by Gasteiger charge is 2.37. The van der Waals surface area contributed by atoms with E-state index in [1.807, 2.05) is 13.8 Å². The summed E-state index contributed by atoms with van der Waals surface area (Å²) in [5, 5.41) is 2.70. The van der Waals surface area contributed by atoms with Crippen molar-refractivity contribution >= 4 is 19.7 Å². The lowest BCUT2D eigenvalue weighted by Crippen LogP contribution is -2.57. The lowest BCUT2D eigenvalue weighted by molar-refractivity contribution is -0.132. The number of nitrogens with two attached hydrogens (primary N) is 1. The lowest BCUT2D eigenvalue weighted by Gasteiger charge is -2.36. The number of phosphoric ester groups is 1. The SMILES string of the molecule is CCC(CC)O[C@@H]1C=C(C(=O)OP(=O)(O)O)C[C@H](N)[C@H]1NC(C)=O. The molecule has 1 aliphatic carbocycles. The van der Waals surface area contributed by atoms with Crippen molar-refractivity contribution < 1.29 is 33.2 Å². The van der Waals surface area contributed by atoms with E-state index in [-0.39, 0.29) is 24.0 Å². The highest BCUT2D eigenvalue weighted by atomic mass is 31.2. The number of hydrogen-bond acceptors (Lipinski definition) is 6. The van der Waals surface area contributed by atoms with Crippen LogP contribution in [0.3, 0.4) is 0 Å². The van der Waals surface area contributed by atoms with E-state index < -0.39 is 32.0 Å². The first-order valence-electron chi connectivity index (χ1n) is 7.75.